The summed E-state index contributed by atoms with van der Waals surface area (Å²) in [5.41, 5.74) is 1.31. The molecule has 0 radical (unpaired) electrons. The number of piperidine rings is 1. The number of amides is 2. The predicted octanol–water partition coefficient (Wildman–Crippen LogP) is 3.54. The maximum atomic E-state index is 12.1. The summed E-state index contributed by atoms with van der Waals surface area (Å²) in [5.74, 6) is 0. The normalized spacial score (nSPS) is 22.8. The fraction of sp³-hybridized carbons (Fsp3) is 0.824. The summed E-state index contributed by atoms with van der Waals surface area (Å²) in [5, 5.41) is 9.58. The van der Waals surface area contributed by atoms with Crippen LogP contribution in [0, 0.1) is 5.41 Å². The zero-order valence-electron chi connectivity index (χ0n) is 15.0. The molecule has 0 aromatic rings. The highest BCUT2D eigenvalue weighted by Gasteiger charge is 2.38. The summed E-state index contributed by atoms with van der Waals surface area (Å²) in [6, 6.07) is 0.0803. The summed E-state index contributed by atoms with van der Waals surface area (Å²) in [7, 11) is 0. The molecule has 4 nitrogen and oxygen atoms in total. The van der Waals surface area contributed by atoms with E-state index < -0.39 is 0 Å². The number of rotatable bonds is 2. The molecule has 0 aromatic heterocycles. The van der Waals surface area contributed by atoms with E-state index >= 15 is 0 Å². The van der Waals surface area contributed by atoms with Crippen LogP contribution in [-0.4, -0.2) is 23.2 Å². The van der Waals surface area contributed by atoms with Crippen LogP contribution in [0.25, 0.3) is 0 Å². The molecule has 0 aliphatic carbocycles. The highest BCUT2D eigenvalue weighted by Crippen LogP contribution is 2.28. The molecule has 1 aliphatic heterocycles. The molecule has 0 bridgehead atoms. The first-order valence-corrected chi connectivity index (χ1v) is 7.84. The highest BCUT2D eigenvalue weighted by molar-refractivity contribution is 5.75. The molecule has 0 aromatic carbocycles. The smallest absolute Gasteiger partial charge is 0.318 e. The molecule has 4 heteroatoms. The summed E-state index contributed by atoms with van der Waals surface area (Å²) in [4.78, 5) is 12.1. The molecule has 0 saturated carbocycles. The third-order valence-corrected chi connectivity index (χ3v) is 4.13. The van der Waals surface area contributed by atoms with Crippen molar-refractivity contribution in [3.05, 3.63) is 11.8 Å². The van der Waals surface area contributed by atoms with Crippen LogP contribution in [0.1, 0.15) is 68.2 Å². The van der Waals surface area contributed by atoms with Gasteiger partial charge in [0, 0.05) is 23.3 Å². The van der Waals surface area contributed by atoms with Crippen LogP contribution >= 0.6 is 0 Å². The van der Waals surface area contributed by atoms with Gasteiger partial charge in [-0.2, -0.15) is 0 Å². The zero-order valence-corrected chi connectivity index (χ0v) is 15.0. The summed E-state index contributed by atoms with van der Waals surface area (Å²) in [6.45, 7) is 17.2. The van der Waals surface area contributed by atoms with Gasteiger partial charge >= 0.3 is 6.03 Å². The van der Waals surface area contributed by atoms with Gasteiger partial charge < -0.3 is 16.0 Å². The van der Waals surface area contributed by atoms with Gasteiger partial charge in [0.15, 0.2) is 0 Å². The second kappa shape index (κ2) is 5.99. The van der Waals surface area contributed by atoms with E-state index in [0.717, 1.165) is 18.4 Å². The maximum absolute atomic E-state index is 12.1. The lowest BCUT2D eigenvalue weighted by Crippen LogP contribution is -2.62. The minimum absolute atomic E-state index is 0.0386. The Hall–Kier alpha value is -1.03. The number of carbonyl (C=O) groups excluding carboxylic acids is 1. The minimum atomic E-state index is -0.114. The number of urea groups is 1. The SMILES string of the molecule is C/C(=C\NC(=O)NC1CC(C)(C)NC(C)(C)C1)C(C)(C)C. The molecular formula is C17H33N3O. The lowest BCUT2D eigenvalue weighted by Gasteiger charge is -2.46. The van der Waals surface area contributed by atoms with Gasteiger partial charge in [-0.1, -0.05) is 26.3 Å². The van der Waals surface area contributed by atoms with Crippen LogP contribution in [0.3, 0.4) is 0 Å². The van der Waals surface area contributed by atoms with Crippen molar-refractivity contribution in [3.63, 3.8) is 0 Å². The van der Waals surface area contributed by atoms with Crippen molar-refractivity contribution in [1.29, 1.82) is 0 Å². The summed E-state index contributed by atoms with van der Waals surface area (Å²) >= 11 is 0. The first-order valence-electron chi connectivity index (χ1n) is 7.84. The zero-order chi connectivity index (χ0) is 16.5. The quantitative estimate of drug-likeness (QED) is 0.730. The lowest BCUT2D eigenvalue weighted by atomic mass is 9.80. The first-order chi connectivity index (χ1) is 9.31. The molecule has 0 spiro atoms. The number of hydrogen-bond donors (Lipinski definition) is 3. The Balaban J connectivity index is 2.59. The van der Waals surface area contributed by atoms with Crippen LogP contribution < -0.4 is 16.0 Å². The van der Waals surface area contributed by atoms with Crippen LogP contribution in [0.15, 0.2) is 11.8 Å². The summed E-state index contributed by atoms with van der Waals surface area (Å²) < 4.78 is 0. The Morgan fingerprint density at radius 1 is 1.14 bits per heavy atom. The fourth-order valence-electron chi connectivity index (χ4n) is 3.04. The molecule has 21 heavy (non-hydrogen) atoms. The van der Waals surface area contributed by atoms with E-state index in [2.05, 4.69) is 64.4 Å². The van der Waals surface area contributed by atoms with Gasteiger partial charge in [0.05, 0.1) is 0 Å². The number of allylic oxidation sites excluding steroid dienone is 1. The van der Waals surface area contributed by atoms with Crippen molar-refractivity contribution >= 4 is 6.03 Å². The predicted molar refractivity (Wildman–Crippen MR) is 89.2 cm³/mol. The fourth-order valence-corrected chi connectivity index (χ4v) is 3.04. The Bertz CT molecular complexity index is 400. The molecule has 1 saturated heterocycles. The van der Waals surface area contributed by atoms with Gasteiger partial charge in [0.1, 0.15) is 0 Å². The Labute approximate surface area is 130 Å². The highest BCUT2D eigenvalue weighted by atomic mass is 16.2. The largest absolute Gasteiger partial charge is 0.335 e. The van der Waals surface area contributed by atoms with Crippen molar-refractivity contribution in [3.8, 4) is 0 Å². The molecule has 1 rings (SSSR count). The standard InChI is InChI=1S/C17H33N3O/c1-12(15(2,3)4)11-18-14(21)19-13-9-16(5,6)20-17(7,8)10-13/h11,13,20H,9-10H2,1-8H3,(H2,18,19,21)/b12-11+. The van der Waals surface area contributed by atoms with Crippen LogP contribution in [0.5, 0.6) is 0 Å². The molecule has 1 heterocycles. The first kappa shape index (κ1) is 18.0. The van der Waals surface area contributed by atoms with E-state index in [1.165, 1.54) is 0 Å². The van der Waals surface area contributed by atoms with Crippen molar-refractivity contribution in [2.24, 2.45) is 5.41 Å². The molecule has 1 aliphatic rings. The molecule has 0 unspecified atom stereocenters. The van der Waals surface area contributed by atoms with E-state index in [-0.39, 0.29) is 28.6 Å². The van der Waals surface area contributed by atoms with Crippen LogP contribution in [0.4, 0.5) is 4.79 Å². The lowest BCUT2D eigenvalue weighted by molar-refractivity contribution is 0.148. The molecule has 122 valence electrons. The van der Waals surface area contributed by atoms with Gasteiger partial charge in [-0.05, 0) is 52.9 Å². The van der Waals surface area contributed by atoms with Gasteiger partial charge in [0.2, 0.25) is 0 Å². The topological polar surface area (TPSA) is 53.2 Å². The molecular weight excluding hydrogens is 262 g/mol. The van der Waals surface area contributed by atoms with E-state index in [9.17, 15) is 4.79 Å². The Morgan fingerprint density at radius 2 is 1.62 bits per heavy atom. The van der Waals surface area contributed by atoms with Crippen molar-refractivity contribution in [1.82, 2.24) is 16.0 Å². The van der Waals surface area contributed by atoms with E-state index in [1.807, 2.05) is 13.1 Å². The van der Waals surface area contributed by atoms with Crippen LogP contribution in [-0.2, 0) is 0 Å². The second-order valence-electron chi connectivity index (χ2n) is 8.69. The minimum Gasteiger partial charge on any atom is -0.335 e. The van der Waals surface area contributed by atoms with Gasteiger partial charge in [-0.3, -0.25) is 0 Å². The Kier molecular flexibility index (Phi) is 5.14. The van der Waals surface area contributed by atoms with E-state index in [1.54, 1.807) is 0 Å². The Morgan fingerprint density at radius 3 is 2.05 bits per heavy atom. The average Bonchev–Trinajstić information content (AvgIpc) is 2.19. The monoisotopic (exact) mass is 295 g/mol. The second-order valence-corrected chi connectivity index (χ2v) is 8.69. The van der Waals surface area contributed by atoms with Crippen molar-refractivity contribution < 1.29 is 4.79 Å². The number of nitrogens with one attached hydrogen (secondary N) is 3. The molecule has 0 atom stereocenters. The molecule has 1 fully saturated rings. The van der Waals surface area contributed by atoms with Gasteiger partial charge in [-0.25, -0.2) is 4.79 Å². The van der Waals surface area contributed by atoms with Crippen molar-refractivity contribution in [2.75, 3.05) is 0 Å². The van der Waals surface area contributed by atoms with Crippen LogP contribution in [0.2, 0.25) is 0 Å². The average molecular weight is 295 g/mol. The van der Waals surface area contributed by atoms with E-state index in [0.29, 0.717) is 0 Å². The molecule has 3 N–H and O–H groups in total. The number of carbonyl (C=O) groups is 1. The molecule has 2 amide bonds. The van der Waals surface area contributed by atoms with Gasteiger partial charge in [0.25, 0.3) is 0 Å². The maximum Gasteiger partial charge on any atom is 0.318 e. The third-order valence-electron chi connectivity index (χ3n) is 4.13. The van der Waals surface area contributed by atoms with Gasteiger partial charge in [-0.15, -0.1) is 0 Å². The van der Waals surface area contributed by atoms with Crippen molar-refractivity contribution in [2.45, 2.75) is 85.4 Å². The number of hydrogen-bond acceptors (Lipinski definition) is 2. The van der Waals surface area contributed by atoms with E-state index in [4.69, 9.17) is 0 Å². The summed E-state index contributed by atoms with van der Waals surface area (Å²) in [6.07, 6.45) is 3.68. The third kappa shape index (κ3) is 6.08.